The summed E-state index contributed by atoms with van der Waals surface area (Å²) in [7, 11) is 0. The zero-order valence-electron chi connectivity index (χ0n) is 14.1. The van der Waals surface area contributed by atoms with Gasteiger partial charge in [-0.3, -0.25) is 9.59 Å². The molecule has 0 saturated heterocycles. The van der Waals surface area contributed by atoms with Gasteiger partial charge in [0.15, 0.2) is 0 Å². The van der Waals surface area contributed by atoms with Crippen LogP contribution in [0.4, 0.5) is 13.2 Å². The van der Waals surface area contributed by atoms with Crippen molar-refractivity contribution in [1.29, 1.82) is 0 Å². The number of amides is 2. The number of fused-ring (bicyclic) bond motifs is 1. The van der Waals surface area contributed by atoms with Crippen molar-refractivity contribution in [2.45, 2.75) is 25.4 Å². The van der Waals surface area contributed by atoms with Crippen LogP contribution in [0.3, 0.4) is 0 Å². The summed E-state index contributed by atoms with van der Waals surface area (Å²) in [5.74, 6) is -2.76. The van der Waals surface area contributed by atoms with Gasteiger partial charge in [0.25, 0.3) is 11.8 Å². The fraction of sp³-hybridized carbons (Fsp3) is 0.211. The molecule has 27 heavy (non-hydrogen) atoms. The van der Waals surface area contributed by atoms with E-state index in [1.54, 1.807) is 19.1 Å². The smallest absolute Gasteiger partial charge is 0.330 e. The number of benzene rings is 2. The van der Waals surface area contributed by atoms with Gasteiger partial charge in [-0.1, -0.05) is 36.3 Å². The monoisotopic (exact) mass is 377 g/mol. The first-order chi connectivity index (χ1) is 12.7. The molecular formula is C19H14F3NO4. The number of alkyl halides is 3. The molecule has 2 amide bonds. The Balaban J connectivity index is 1.64. The van der Waals surface area contributed by atoms with E-state index in [4.69, 9.17) is 4.84 Å². The van der Waals surface area contributed by atoms with Crippen molar-refractivity contribution in [2.75, 3.05) is 0 Å². The van der Waals surface area contributed by atoms with E-state index in [1.165, 1.54) is 24.3 Å². The maximum absolute atomic E-state index is 12.6. The summed E-state index contributed by atoms with van der Waals surface area (Å²) in [4.78, 5) is 41.3. The minimum absolute atomic E-state index is 0.145. The number of rotatable bonds is 4. The van der Waals surface area contributed by atoms with Crippen molar-refractivity contribution >= 4 is 17.8 Å². The zero-order chi connectivity index (χ0) is 19.8. The molecule has 2 aromatic carbocycles. The molecule has 0 bridgehead atoms. The van der Waals surface area contributed by atoms with Gasteiger partial charge < -0.3 is 4.84 Å². The molecule has 0 fully saturated rings. The molecule has 1 aliphatic heterocycles. The van der Waals surface area contributed by atoms with Crippen molar-refractivity contribution in [1.82, 2.24) is 5.06 Å². The molecule has 1 heterocycles. The Morgan fingerprint density at radius 2 is 1.52 bits per heavy atom. The second-order valence-corrected chi connectivity index (χ2v) is 6.14. The van der Waals surface area contributed by atoms with Crippen LogP contribution in [0, 0.1) is 0 Å². The van der Waals surface area contributed by atoms with E-state index in [9.17, 15) is 27.6 Å². The predicted octanol–water partition coefficient (Wildman–Crippen LogP) is 3.95. The van der Waals surface area contributed by atoms with E-state index in [-0.39, 0.29) is 17.5 Å². The van der Waals surface area contributed by atoms with Gasteiger partial charge in [0.2, 0.25) is 0 Å². The Labute approximate surface area is 152 Å². The van der Waals surface area contributed by atoms with Gasteiger partial charge >= 0.3 is 12.1 Å². The van der Waals surface area contributed by atoms with Crippen LogP contribution in [0.2, 0.25) is 0 Å². The topological polar surface area (TPSA) is 63.7 Å². The third-order valence-electron chi connectivity index (χ3n) is 4.23. The Morgan fingerprint density at radius 3 is 2.00 bits per heavy atom. The summed E-state index contributed by atoms with van der Waals surface area (Å²) in [5, 5.41) is 0.409. The fourth-order valence-corrected chi connectivity index (χ4v) is 2.76. The van der Waals surface area contributed by atoms with Crippen LogP contribution in [0.25, 0.3) is 0 Å². The molecule has 0 aliphatic carbocycles. The average Bonchev–Trinajstić information content (AvgIpc) is 2.86. The number of carbonyl (C=O) groups excluding carboxylic acids is 3. The van der Waals surface area contributed by atoms with E-state index in [1.807, 2.05) is 0 Å². The number of hydroxylamine groups is 2. The minimum Gasteiger partial charge on any atom is -0.330 e. The van der Waals surface area contributed by atoms with Crippen LogP contribution >= 0.6 is 0 Å². The number of halogens is 3. The van der Waals surface area contributed by atoms with Crippen LogP contribution in [0.15, 0.2) is 48.5 Å². The molecule has 0 N–H and O–H groups in total. The summed E-state index contributed by atoms with van der Waals surface area (Å²) in [6, 6.07) is 10.5. The largest absolute Gasteiger partial charge is 0.416 e. The molecule has 1 atom stereocenters. The Morgan fingerprint density at radius 1 is 1.00 bits per heavy atom. The zero-order valence-corrected chi connectivity index (χ0v) is 14.1. The second-order valence-electron chi connectivity index (χ2n) is 6.14. The molecule has 8 heteroatoms. The number of imide groups is 1. The number of hydrogen-bond donors (Lipinski definition) is 0. The second kappa shape index (κ2) is 6.86. The van der Waals surface area contributed by atoms with E-state index < -0.39 is 35.4 Å². The van der Waals surface area contributed by atoms with E-state index in [0.717, 1.165) is 12.1 Å². The third kappa shape index (κ3) is 3.69. The quantitative estimate of drug-likeness (QED) is 0.757. The van der Waals surface area contributed by atoms with Crippen LogP contribution in [-0.2, 0) is 15.8 Å². The number of carbonyl (C=O) groups is 3. The Bertz CT molecular complexity index is 871. The van der Waals surface area contributed by atoms with Gasteiger partial charge in [0.1, 0.15) is 0 Å². The van der Waals surface area contributed by atoms with Crippen molar-refractivity contribution in [3.05, 3.63) is 70.8 Å². The number of hydrogen-bond acceptors (Lipinski definition) is 4. The highest BCUT2D eigenvalue weighted by Crippen LogP contribution is 2.31. The molecule has 0 aromatic heterocycles. The summed E-state index contributed by atoms with van der Waals surface area (Å²) in [6.07, 6.45) is -4.65. The van der Waals surface area contributed by atoms with Gasteiger partial charge in [-0.2, -0.15) is 13.2 Å². The van der Waals surface area contributed by atoms with Crippen LogP contribution in [0.5, 0.6) is 0 Å². The highest BCUT2D eigenvalue weighted by Gasteiger charge is 2.38. The lowest BCUT2D eigenvalue weighted by Crippen LogP contribution is -2.33. The predicted molar refractivity (Wildman–Crippen MR) is 87.5 cm³/mol. The van der Waals surface area contributed by atoms with Gasteiger partial charge in [-0.15, -0.1) is 0 Å². The first-order valence-corrected chi connectivity index (χ1v) is 8.04. The molecule has 2 aromatic rings. The molecule has 140 valence electrons. The van der Waals surface area contributed by atoms with Crippen LogP contribution < -0.4 is 0 Å². The lowest BCUT2D eigenvalue weighted by molar-refractivity contribution is -0.168. The first-order valence-electron chi connectivity index (χ1n) is 8.04. The van der Waals surface area contributed by atoms with E-state index in [2.05, 4.69) is 0 Å². The molecule has 0 radical (unpaired) electrons. The Hall–Kier alpha value is -3.16. The van der Waals surface area contributed by atoms with Crippen LogP contribution in [0.1, 0.15) is 51.1 Å². The molecule has 1 unspecified atom stereocenters. The maximum Gasteiger partial charge on any atom is 0.416 e. The summed E-state index contributed by atoms with van der Waals surface area (Å²) in [6.45, 7) is 1.63. The van der Waals surface area contributed by atoms with Crippen molar-refractivity contribution in [2.24, 2.45) is 0 Å². The van der Waals surface area contributed by atoms with E-state index in [0.29, 0.717) is 10.6 Å². The lowest BCUT2D eigenvalue weighted by Gasteiger charge is -2.16. The summed E-state index contributed by atoms with van der Waals surface area (Å²) < 4.78 is 37.8. The standard InChI is InChI=1S/C19H14F3NO4/c1-11(12-6-8-13(9-7-12)19(20,21)22)10-16(24)27-23-17(25)14-4-2-3-5-15(14)18(23)26/h2-9,11H,10H2,1H3. The van der Waals surface area contributed by atoms with Crippen molar-refractivity contribution in [3.63, 3.8) is 0 Å². The highest BCUT2D eigenvalue weighted by atomic mass is 19.4. The first kappa shape index (κ1) is 18.6. The van der Waals surface area contributed by atoms with Gasteiger partial charge in [-0.25, -0.2) is 4.79 Å². The van der Waals surface area contributed by atoms with Crippen molar-refractivity contribution in [3.8, 4) is 0 Å². The number of nitrogens with zero attached hydrogens (tertiary/aromatic N) is 1. The Kier molecular flexibility index (Phi) is 4.73. The molecule has 0 saturated carbocycles. The van der Waals surface area contributed by atoms with Gasteiger partial charge in [0, 0.05) is 0 Å². The summed E-state index contributed by atoms with van der Waals surface area (Å²) in [5.41, 5.74) is 0.00605. The third-order valence-corrected chi connectivity index (χ3v) is 4.23. The van der Waals surface area contributed by atoms with Gasteiger partial charge in [0.05, 0.1) is 23.1 Å². The normalized spacial score (nSPS) is 14.9. The van der Waals surface area contributed by atoms with Crippen molar-refractivity contribution < 1.29 is 32.4 Å². The fourth-order valence-electron chi connectivity index (χ4n) is 2.76. The molecule has 1 aliphatic rings. The van der Waals surface area contributed by atoms with E-state index >= 15 is 0 Å². The van der Waals surface area contributed by atoms with Crippen LogP contribution in [-0.4, -0.2) is 22.8 Å². The average molecular weight is 377 g/mol. The maximum atomic E-state index is 12.6. The molecular weight excluding hydrogens is 363 g/mol. The molecule has 5 nitrogen and oxygen atoms in total. The lowest BCUT2D eigenvalue weighted by atomic mass is 9.97. The SMILES string of the molecule is CC(CC(=O)ON1C(=O)c2ccccc2C1=O)c1ccc(C(F)(F)F)cc1. The molecule has 3 rings (SSSR count). The van der Waals surface area contributed by atoms with Gasteiger partial charge in [-0.05, 0) is 35.7 Å². The highest BCUT2D eigenvalue weighted by molar-refractivity contribution is 6.20. The molecule has 0 spiro atoms. The minimum atomic E-state index is -4.44. The summed E-state index contributed by atoms with van der Waals surface area (Å²) >= 11 is 0.